The molecule has 5 heteroatoms. The van der Waals surface area contributed by atoms with Crippen molar-refractivity contribution in [1.82, 2.24) is 9.97 Å². The normalized spacial score (nSPS) is 10.0. The Hall–Kier alpha value is -2.61. The van der Waals surface area contributed by atoms with Gasteiger partial charge in [-0.2, -0.15) is 5.26 Å². The second kappa shape index (κ2) is 6.71. The van der Waals surface area contributed by atoms with E-state index in [1.54, 1.807) is 12.1 Å². The highest BCUT2D eigenvalue weighted by Gasteiger charge is 2.10. The van der Waals surface area contributed by atoms with E-state index >= 15 is 0 Å². The summed E-state index contributed by atoms with van der Waals surface area (Å²) < 4.78 is 0. The molecular formula is C16H19N5. The van der Waals surface area contributed by atoms with E-state index in [-0.39, 0.29) is 0 Å². The maximum Gasteiger partial charge on any atom is 0.139 e. The van der Waals surface area contributed by atoms with Gasteiger partial charge in [0.15, 0.2) is 0 Å². The van der Waals surface area contributed by atoms with Crippen molar-refractivity contribution < 1.29 is 0 Å². The van der Waals surface area contributed by atoms with Crippen molar-refractivity contribution in [2.45, 2.75) is 27.2 Å². The Bertz CT molecular complexity index is 656. The highest BCUT2D eigenvalue weighted by molar-refractivity contribution is 5.65. The molecule has 0 unspecified atom stereocenters. The van der Waals surface area contributed by atoms with E-state index in [2.05, 4.69) is 26.7 Å². The van der Waals surface area contributed by atoms with Crippen LogP contribution in [0.15, 0.2) is 24.3 Å². The molecule has 2 aromatic rings. The van der Waals surface area contributed by atoms with E-state index in [1.807, 2.05) is 32.9 Å². The lowest BCUT2D eigenvalue weighted by molar-refractivity contribution is 0.930. The third-order valence-corrected chi connectivity index (χ3v) is 3.13. The quantitative estimate of drug-likeness (QED) is 0.878. The zero-order valence-corrected chi connectivity index (χ0v) is 12.6. The van der Waals surface area contributed by atoms with Crippen LogP contribution in [0.2, 0.25) is 0 Å². The Morgan fingerprint density at radius 1 is 1.10 bits per heavy atom. The number of anilines is 3. The monoisotopic (exact) mass is 281 g/mol. The molecule has 21 heavy (non-hydrogen) atoms. The molecule has 2 rings (SSSR count). The van der Waals surface area contributed by atoms with Gasteiger partial charge in [-0.15, -0.1) is 0 Å². The number of nitrogens with one attached hydrogen (secondary N) is 2. The largest absolute Gasteiger partial charge is 0.370 e. The first-order valence-electron chi connectivity index (χ1n) is 7.06. The predicted molar refractivity (Wildman–Crippen MR) is 84.8 cm³/mol. The number of nitriles is 1. The molecule has 0 atom stereocenters. The third kappa shape index (κ3) is 3.48. The lowest BCUT2D eigenvalue weighted by Crippen LogP contribution is -2.09. The molecule has 0 amide bonds. The fourth-order valence-electron chi connectivity index (χ4n) is 1.95. The summed E-state index contributed by atoms with van der Waals surface area (Å²) in [5.41, 5.74) is 2.53. The summed E-state index contributed by atoms with van der Waals surface area (Å²) in [4.78, 5) is 9.05. The van der Waals surface area contributed by atoms with Gasteiger partial charge in [0.25, 0.3) is 0 Å². The minimum absolute atomic E-state index is 0.641. The number of nitrogens with zero attached hydrogens (tertiary/aromatic N) is 3. The van der Waals surface area contributed by atoms with Gasteiger partial charge >= 0.3 is 0 Å². The fraction of sp³-hybridized carbons (Fsp3) is 0.312. The molecule has 1 heterocycles. The first-order valence-corrected chi connectivity index (χ1v) is 7.06. The van der Waals surface area contributed by atoms with Gasteiger partial charge in [0.1, 0.15) is 17.5 Å². The number of aromatic nitrogens is 2. The maximum atomic E-state index is 8.83. The van der Waals surface area contributed by atoms with Crippen LogP contribution in [0.5, 0.6) is 0 Å². The fourth-order valence-corrected chi connectivity index (χ4v) is 1.95. The summed E-state index contributed by atoms with van der Waals surface area (Å²) in [6.07, 6.45) is 0.778. The van der Waals surface area contributed by atoms with E-state index in [4.69, 9.17) is 5.26 Å². The highest BCUT2D eigenvalue weighted by Crippen LogP contribution is 2.24. The average molecular weight is 281 g/mol. The van der Waals surface area contributed by atoms with Crippen LogP contribution >= 0.6 is 0 Å². The molecular weight excluding hydrogens is 262 g/mol. The highest BCUT2D eigenvalue weighted by atomic mass is 15.1. The van der Waals surface area contributed by atoms with Gasteiger partial charge in [-0.3, -0.25) is 0 Å². The van der Waals surface area contributed by atoms with Gasteiger partial charge in [0.2, 0.25) is 0 Å². The molecule has 1 aromatic carbocycles. The van der Waals surface area contributed by atoms with Crippen LogP contribution in [0.3, 0.4) is 0 Å². The molecule has 0 aliphatic heterocycles. The molecule has 0 aliphatic rings. The minimum atomic E-state index is 0.641. The Morgan fingerprint density at radius 2 is 1.76 bits per heavy atom. The van der Waals surface area contributed by atoms with Crippen LogP contribution in [0.1, 0.15) is 30.8 Å². The molecule has 2 N–H and O–H groups in total. The van der Waals surface area contributed by atoms with Crippen molar-refractivity contribution in [3.8, 4) is 6.07 Å². The van der Waals surface area contributed by atoms with Crippen LogP contribution in [0.25, 0.3) is 0 Å². The molecule has 0 saturated heterocycles. The number of benzene rings is 1. The van der Waals surface area contributed by atoms with Crippen LogP contribution in [-0.4, -0.2) is 16.5 Å². The number of hydrogen-bond acceptors (Lipinski definition) is 5. The summed E-state index contributed by atoms with van der Waals surface area (Å²) in [5, 5.41) is 15.4. The zero-order chi connectivity index (χ0) is 15.2. The smallest absolute Gasteiger partial charge is 0.139 e. The molecule has 1 aromatic heterocycles. The second-order valence-corrected chi connectivity index (χ2v) is 4.66. The van der Waals surface area contributed by atoms with Crippen molar-refractivity contribution in [2.75, 3.05) is 17.2 Å². The van der Waals surface area contributed by atoms with E-state index in [0.29, 0.717) is 5.56 Å². The van der Waals surface area contributed by atoms with Gasteiger partial charge in [-0.25, -0.2) is 9.97 Å². The van der Waals surface area contributed by atoms with Crippen LogP contribution in [-0.2, 0) is 6.42 Å². The van der Waals surface area contributed by atoms with Crippen molar-refractivity contribution in [1.29, 1.82) is 5.26 Å². The molecule has 0 radical (unpaired) electrons. The maximum absolute atomic E-state index is 8.83. The van der Waals surface area contributed by atoms with E-state index in [9.17, 15) is 0 Å². The van der Waals surface area contributed by atoms with Gasteiger partial charge in [-0.1, -0.05) is 6.92 Å². The Labute approximate surface area is 125 Å². The number of hydrogen-bond donors (Lipinski definition) is 2. The lowest BCUT2D eigenvalue weighted by Gasteiger charge is -2.14. The average Bonchev–Trinajstić information content (AvgIpc) is 2.52. The molecule has 108 valence electrons. The van der Waals surface area contributed by atoms with Crippen molar-refractivity contribution in [2.24, 2.45) is 0 Å². The van der Waals surface area contributed by atoms with E-state index in [1.165, 1.54) is 0 Å². The van der Waals surface area contributed by atoms with Crippen molar-refractivity contribution >= 4 is 17.3 Å². The zero-order valence-electron chi connectivity index (χ0n) is 12.6. The van der Waals surface area contributed by atoms with Gasteiger partial charge < -0.3 is 10.6 Å². The topological polar surface area (TPSA) is 73.6 Å². The molecule has 0 aliphatic carbocycles. The minimum Gasteiger partial charge on any atom is -0.370 e. The summed E-state index contributed by atoms with van der Waals surface area (Å²) in [6, 6.07) is 9.42. The Morgan fingerprint density at radius 3 is 2.33 bits per heavy atom. The first kappa shape index (κ1) is 14.8. The van der Waals surface area contributed by atoms with E-state index < -0.39 is 0 Å². The molecule has 0 spiro atoms. The van der Waals surface area contributed by atoms with Crippen LogP contribution in [0.4, 0.5) is 17.3 Å². The van der Waals surface area contributed by atoms with Crippen LogP contribution < -0.4 is 10.6 Å². The van der Waals surface area contributed by atoms with Gasteiger partial charge in [-0.05, 0) is 38.1 Å². The van der Waals surface area contributed by atoms with Gasteiger partial charge in [0.05, 0.1) is 11.6 Å². The summed E-state index contributed by atoms with van der Waals surface area (Å²) in [7, 11) is 0. The molecule has 0 saturated carbocycles. The Kier molecular flexibility index (Phi) is 4.72. The second-order valence-electron chi connectivity index (χ2n) is 4.66. The SMILES string of the molecule is CCNc1nc(CC)nc(Nc2ccc(C#N)cc2)c1C. The van der Waals surface area contributed by atoms with Crippen LogP contribution in [0, 0.1) is 18.3 Å². The molecule has 0 fully saturated rings. The van der Waals surface area contributed by atoms with E-state index in [0.717, 1.165) is 41.7 Å². The summed E-state index contributed by atoms with van der Waals surface area (Å²) in [5.74, 6) is 2.45. The summed E-state index contributed by atoms with van der Waals surface area (Å²) in [6.45, 7) is 6.88. The summed E-state index contributed by atoms with van der Waals surface area (Å²) >= 11 is 0. The van der Waals surface area contributed by atoms with Crippen molar-refractivity contribution in [3.05, 3.63) is 41.2 Å². The molecule has 5 nitrogen and oxygen atoms in total. The third-order valence-electron chi connectivity index (χ3n) is 3.13. The number of aryl methyl sites for hydroxylation is 1. The lowest BCUT2D eigenvalue weighted by atomic mass is 10.2. The predicted octanol–water partition coefficient (Wildman–Crippen LogP) is 3.39. The van der Waals surface area contributed by atoms with Crippen molar-refractivity contribution in [3.63, 3.8) is 0 Å². The number of rotatable bonds is 5. The first-order chi connectivity index (χ1) is 10.2. The standard InChI is InChI=1S/C16H19N5/c1-4-14-20-15(18-5-2)11(3)16(21-14)19-13-8-6-12(10-17)7-9-13/h6-9H,4-5H2,1-3H3,(H2,18,19,20,21). The molecule has 0 bridgehead atoms. The Balaban J connectivity index is 2.33. The van der Waals surface area contributed by atoms with Gasteiger partial charge in [0, 0.05) is 24.2 Å².